The van der Waals surface area contributed by atoms with Crippen LogP contribution in [0.15, 0.2) is 30.3 Å². The van der Waals surface area contributed by atoms with Crippen molar-refractivity contribution >= 4 is 11.9 Å². The average molecular weight is 291 g/mol. The molecule has 0 radical (unpaired) electrons. The molecule has 21 heavy (non-hydrogen) atoms. The molecule has 1 aliphatic heterocycles. The molecule has 1 N–H and O–H groups in total. The summed E-state index contributed by atoms with van der Waals surface area (Å²) in [4.78, 5) is 25.6. The number of carboxylic acids is 1. The largest absolute Gasteiger partial charge is 0.481 e. The lowest BCUT2D eigenvalue weighted by molar-refractivity contribution is -0.153. The fourth-order valence-electron chi connectivity index (χ4n) is 2.84. The summed E-state index contributed by atoms with van der Waals surface area (Å²) < 4.78 is 5.49. The zero-order valence-corrected chi connectivity index (χ0v) is 12.6. The number of carbonyl (C=O) groups is 2. The Morgan fingerprint density at radius 1 is 1.29 bits per heavy atom. The van der Waals surface area contributed by atoms with E-state index in [0.717, 1.165) is 5.56 Å². The number of ether oxygens (including phenoxy) is 1. The second-order valence-electron chi connectivity index (χ2n) is 5.74. The maximum Gasteiger partial charge on any atom is 0.308 e. The van der Waals surface area contributed by atoms with Gasteiger partial charge in [0.15, 0.2) is 5.60 Å². The Kier molecular flexibility index (Phi) is 4.32. The Balaban J connectivity index is 2.24. The predicted molar refractivity (Wildman–Crippen MR) is 77.7 cm³/mol. The normalized spacial score (nSPS) is 24.6. The summed E-state index contributed by atoms with van der Waals surface area (Å²) in [6, 6.07) is 9.27. The van der Waals surface area contributed by atoms with Crippen LogP contribution >= 0.6 is 0 Å². The number of hydrogen-bond donors (Lipinski definition) is 1. The highest BCUT2D eigenvalue weighted by molar-refractivity contribution is 5.87. The number of amides is 1. The van der Waals surface area contributed by atoms with Gasteiger partial charge in [-0.2, -0.15) is 0 Å². The number of carbonyl (C=O) groups excluding carboxylic acids is 1. The topological polar surface area (TPSA) is 66.8 Å². The molecule has 0 spiro atoms. The third-order valence-electron chi connectivity index (χ3n) is 4.36. The van der Waals surface area contributed by atoms with Crippen LogP contribution in [0.2, 0.25) is 0 Å². The molecular formula is C16H21NO4. The molecule has 1 unspecified atom stereocenters. The van der Waals surface area contributed by atoms with Crippen molar-refractivity contribution in [3.8, 4) is 0 Å². The summed E-state index contributed by atoms with van der Waals surface area (Å²) in [6.07, 6.45) is 0. The van der Waals surface area contributed by atoms with E-state index in [9.17, 15) is 14.7 Å². The minimum absolute atomic E-state index is 0.0525. The highest BCUT2D eigenvalue weighted by Gasteiger charge is 2.44. The molecule has 0 aromatic heterocycles. The SMILES string of the molecule is COC(C)(C(=O)N1C[C@@H](C)[C@H](C(=O)O)C1)c1ccccc1. The van der Waals surface area contributed by atoms with Crippen LogP contribution in [-0.2, 0) is 19.9 Å². The van der Waals surface area contributed by atoms with E-state index in [0.29, 0.717) is 6.54 Å². The average Bonchev–Trinajstić information content (AvgIpc) is 2.88. The molecule has 3 atom stereocenters. The van der Waals surface area contributed by atoms with Gasteiger partial charge in [-0.05, 0) is 18.4 Å². The highest BCUT2D eigenvalue weighted by Crippen LogP contribution is 2.31. The molecule has 5 nitrogen and oxygen atoms in total. The first-order chi connectivity index (χ1) is 9.90. The highest BCUT2D eigenvalue weighted by atomic mass is 16.5. The molecule has 1 amide bonds. The second kappa shape index (κ2) is 5.85. The minimum atomic E-state index is -1.09. The van der Waals surface area contributed by atoms with Crippen molar-refractivity contribution in [2.24, 2.45) is 11.8 Å². The Bertz CT molecular complexity index is 530. The third kappa shape index (κ3) is 2.78. The van der Waals surface area contributed by atoms with Crippen molar-refractivity contribution in [2.75, 3.05) is 20.2 Å². The van der Waals surface area contributed by atoms with Crippen LogP contribution in [0.4, 0.5) is 0 Å². The van der Waals surface area contributed by atoms with E-state index in [1.807, 2.05) is 37.3 Å². The van der Waals surface area contributed by atoms with Gasteiger partial charge in [-0.3, -0.25) is 9.59 Å². The van der Waals surface area contributed by atoms with Gasteiger partial charge >= 0.3 is 5.97 Å². The summed E-state index contributed by atoms with van der Waals surface area (Å²) in [5, 5.41) is 9.19. The molecule has 0 aliphatic carbocycles. The lowest BCUT2D eigenvalue weighted by atomic mass is 9.94. The van der Waals surface area contributed by atoms with Crippen molar-refractivity contribution in [2.45, 2.75) is 19.4 Å². The Morgan fingerprint density at radius 3 is 2.38 bits per heavy atom. The van der Waals surface area contributed by atoms with Crippen molar-refractivity contribution in [3.05, 3.63) is 35.9 Å². The van der Waals surface area contributed by atoms with E-state index < -0.39 is 17.5 Å². The fraction of sp³-hybridized carbons (Fsp3) is 0.500. The maximum absolute atomic E-state index is 12.8. The first-order valence-corrected chi connectivity index (χ1v) is 7.03. The van der Waals surface area contributed by atoms with Crippen LogP contribution in [0.3, 0.4) is 0 Å². The number of rotatable bonds is 4. The lowest BCUT2D eigenvalue weighted by Gasteiger charge is -2.32. The van der Waals surface area contributed by atoms with Crippen LogP contribution in [0.5, 0.6) is 0 Å². The Labute approximate surface area is 124 Å². The van der Waals surface area contributed by atoms with Gasteiger partial charge in [0, 0.05) is 20.2 Å². The monoisotopic (exact) mass is 291 g/mol. The molecule has 1 aromatic carbocycles. The summed E-state index contributed by atoms with van der Waals surface area (Å²) in [6.45, 7) is 4.27. The van der Waals surface area contributed by atoms with E-state index in [2.05, 4.69) is 0 Å². The number of aliphatic carboxylic acids is 1. The van der Waals surface area contributed by atoms with Crippen molar-refractivity contribution in [3.63, 3.8) is 0 Å². The molecule has 2 rings (SSSR count). The predicted octanol–water partition coefficient (Wildman–Crippen LogP) is 1.73. The molecule has 1 heterocycles. The van der Waals surface area contributed by atoms with Gasteiger partial charge in [-0.25, -0.2) is 0 Å². The number of likely N-dealkylation sites (tertiary alicyclic amines) is 1. The van der Waals surface area contributed by atoms with Gasteiger partial charge in [-0.15, -0.1) is 0 Å². The summed E-state index contributed by atoms with van der Waals surface area (Å²) in [7, 11) is 1.50. The Hall–Kier alpha value is -1.88. The second-order valence-corrected chi connectivity index (χ2v) is 5.74. The molecule has 1 saturated heterocycles. The van der Waals surface area contributed by atoms with Crippen LogP contribution in [0, 0.1) is 11.8 Å². The quantitative estimate of drug-likeness (QED) is 0.917. The van der Waals surface area contributed by atoms with Gasteiger partial charge < -0.3 is 14.7 Å². The van der Waals surface area contributed by atoms with Gasteiger partial charge in [0.2, 0.25) is 0 Å². The van der Waals surface area contributed by atoms with E-state index in [-0.39, 0.29) is 18.4 Å². The van der Waals surface area contributed by atoms with Gasteiger partial charge in [0.25, 0.3) is 5.91 Å². The van der Waals surface area contributed by atoms with Crippen LogP contribution in [0.25, 0.3) is 0 Å². The Morgan fingerprint density at radius 2 is 1.90 bits per heavy atom. The summed E-state index contributed by atoms with van der Waals surface area (Å²) >= 11 is 0. The minimum Gasteiger partial charge on any atom is -0.481 e. The molecular weight excluding hydrogens is 270 g/mol. The molecule has 0 bridgehead atoms. The molecule has 5 heteroatoms. The number of benzene rings is 1. The van der Waals surface area contributed by atoms with Crippen molar-refractivity contribution < 1.29 is 19.4 Å². The number of methoxy groups -OCH3 is 1. The summed E-state index contributed by atoms with van der Waals surface area (Å²) in [5.74, 6) is -1.60. The van der Waals surface area contributed by atoms with Crippen molar-refractivity contribution in [1.29, 1.82) is 0 Å². The van der Waals surface area contributed by atoms with Gasteiger partial charge in [-0.1, -0.05) is 37.3 Å². The number of carboxylic acid groups (broad SMARTS) is 1. The zero-order chi connectivity index (χ0) is 15.6. The molecule has 1 fully saturated rings. The fourth-order valence-corrected chi connectivity index (χ4v) is 2.84. The molecule has 0 saturated carbocycles. The standard InChI is InChI=1S/C16H21NO4/c1-11-9-17(10-13(11)14(18)19)15(20)16(2,21-3)12-7-5-4-6-8-12/h4-8,11,13H,9-10H2,1-3H3,(H,18,19)/t11-,13-,16?/m1/s1. The molecule has 1 aliphatic rings. The van der Waals surface area contributed by atoms with Gasteiger partial charge in [0.05, 0.1) is 5.92 Å². The first-order valence-electron chi connectivity index (χ1n) is 7.03. The first kappa shape index (κ1) is 15.5. The van der Waals surface area contributed by atoms with Crippen LogP contribution < -0.4 is 0 Å². The van der Waals surface area contributed by atoms with Crippen molar-refractivity contribution in [1.82, 2.24) is 4.90 Å². The zero-order valence-electron chi connectivity index (χ0n) is 12.6. The third-order valence-corrected chi connectivity index (χ3v) is 4.36. The van der Waals surface area contributed by atoms with E-state index in [1.165, 1.54) is 7.11 Å². The lowest BCUT2D eigenvalue weighted by Crippen LogP contribution is -2.45. The van der Waals surface area contributed by atoms with E-state index in [4.69, 9.17) is 4.74 Å². The van der Waals surface area contributed by atoms with Crippen LogP contribution in [0.1, 0.15) is 19.4 Å². The summed E-state index contributed by atoms with van der Waals surface area (Å²) in [5.41, 5.74) is -0.321. The molecule has 114 valence electrons. The molecule has 1 aromatic rings. The number of nitrogens with zero attached hydrogens (tertiary/aromatic N) is 1. The smallest absolute Gasteiger partial charge is 0.308 e. The number of hydrogen-bond acceptors (Lipinski definition) is 3. The van der Waals surface area contributed by atoms with Gasteiger partial charge in [0.1, 0.15) is 0 Å². The van der Waals surface area contributed by atoms with Crippen LogP contribution in [-0.4, -0.2) is 42.1 Å². The maximum atomic E-state index is 12.8. The van der Waals surface area contributed by atoms with E-state index >= 15 is 0 Å². The van der Waals surface area contributed by atoms with E-state index in [1.54, 1.807) is 11.8 Å².